The molecule has 0 spiro atoms. The molecule has 6 heteroatoms. The van der Waals surface area contributed by atoms with Gasteiger partial charge in [-0.05, 0) is 24.0 Å². The fourth-order valence-corrected chi connectivity index (χ4v) is 2.28. The third kappa shape index (κ3) is 4.18. The number of nitrogens with zero attached hydrogens (tertiary/aromatic N) is 3. The summed E-state index contributed by atoms with van der Waals surface area (Å²) in [6.07, 6.45) is 1.92. The minimum atomic E-state index is 0.382. The number of morpholine rings is 1. The number of hydrogen-bond acceptors (Lipinski definition) is 6. The Bertz CT molecular complexity index is 388. The number of anilines is 1. The van der Waals surface area contributed by atoms with E-state index in [1.165, 1.54) is 0 Å². The first-order valence-corrected chi connectivity index (χ1v) is 7.59. The molecule has 1 aromatic rings. The topological polar surface area (TPSA) is 63.4 Å². The summed E-state index contributed by atoms with van der Waals surface area (Å²) in [7, 11) is 0. The van der Waals surface area contributed by atoms with Gasteiger partial charge in [0.1, 0.15) is 0 Å². The van der Waals surface area contributed by atoms with E-state index in [2.05, 4.69) is 41.1 Å². The third-order valence-electron chi connectivity index (χ3n) is 3.61. The molecule has 0 aliphatic carbocycles. The van der Waals surface area contributed by atoms with Crippen LogP contribution in [0, 0.1) is 5.92 Å². The predicted octanol–water partition coefficient (Wildman–Crippen LogP) is 1.47. The molecule has 0 radical (unpaired) electrons. The van der Waals surface area contributed by atoms with Gasteiger partial charge >= 0.3 is 0 Å². The van der Waals surface area contributed by atoms with Gasteiger partial charge in [-0.15, -0.1) is 0 Å². The Morgan fingerprint density at radius 1 is 1.30 bits per heavy atom. The second-order valence-electron chi connectivity index (χ2n) is 5.60. The van der Waals surface area contributed by atoms with Gasteiger partial charge in [0.25, 0.3) is 5.95 Å². The number of aromatic nitrogens is 2. The van der Waals surface area contributed by atoms with E-state index in [4.69, 9.17) is 9.26 Å². The molecule has 0 aromatic carbocycles. The molecular weight excluding hydrogens is 256 g/mol. The van der Waals surface area contributed by atoms with Crippen molar-refractivity contribution in [1.29, 1.82) is 0 Å². The van der Waals surface area contributed by atoms with E-state index in [1.54, 1.807) is 0 Å². The first-order chi connectivity index (χ1) is 9.70. The summed E-state index contributed by atoms with van der Waals surface area (Å²) in [5, 5.41) is 7.63. The molecule has 114 valence electrons. The highest BCUT2D eigenvalue weighted by molar-refractivity contribution is 5.28. The zero-order valence-corrected chi connectivity index (χ0v) is 12.8. The van der Waals surface area contributed by atoms with Crippen molar-refractivity contribution >= 4 is 5.95 Å². The summed E-state index contributed by atoms with van der Waals surface area (Å²) in [4.78, 5) is 6.63. The summed E-state index contributed by atoms with van der Waals surface area (Å²) < 4.78 is 10.7. The highest BCUT2D eigenvalue weighted by Crippen LogP contribution is 2.14. The number of rotatable bonds is 7. The van der Waals surface area contributed by atoms with E-state index < -0.39 is 0 Å². The van der Waals surface area contributed by atoms with Crippen molar-refractivity contribution in [2.24, 2.45) is 5.92 Å². The lowest BCUT2D eigenvalue weighted by molar-refractivity contribution is 0.121. The van der Waals surface area contributed by atoms with Gasteiger partial charge in [-0.3, -0.25) is 0 Å². The maximum Gasteiger partial charge on any atom is 0.266 e. The van der Waals surface area contributed by atoms with Gasteiger partial charge in [-0.1, -0.05) is 20.8 Å². The van der Waals surface area contributed by atoms with Crippen LogP contribution in [0.2, 0.25) is 0 Å². The molecule has 1 aliphatic rings. The SMILES string of the molecule is CCCNC(Cc1nc(N2CCOCC2)no1)C(C)C. The quantitative estimate of drug-likeness (QED) is 0.817. The van der Waals surface area contributed by atoms with E-state index in [1.807, 2.05) is 0 Å². The zero-order chi connectivity index (χ0) is 14.4. The van der Waals surface area contributed by atoms with Gasteiger partial charge in [0.15, 0.2) is 0 Å². The summed E-state index contributed by atoms with van der Waals surface area (Å²) in [5.74, 6) is 1.95. The van der Waals surface area contributed by atoms with Crippen molar-refractivity contribution in [3.8, 4) is 0 Å². The minimum absolute atomic E-state index is 0.382. The summed E-state index contributed by atoms with van der Waals surface area (Å²) in [5.41, 5.74) is 0. The largest absolute Gasteiger partial charge is 0.378 e. The van der Waals surface area contributed by atoms with Gasteiger partial charge in [-0.2, -0.15) is 4.98 Å². The molecule has 1 fully saturated rings. The van der Waals surface area contributed by atoms with Gasteiger partial charge < -0.3 is 19.5 Å². The predicted molar refractivity (Wildman–Crippen MR) is 78.0 cm³/mol. The Labute approximate surface area is 120 Å². The standard InChI is InChI=1S/C14H26N4O2/c1-4-5-15-12(11(2)3)10-13-16-14(17-20-13)18-6-8-19-9-7-18/h11-12,15H,4-10H2,1-3H3. The Morgan fingerprint density at radius 3 is 2.70 bits per heavy atom. The van der Waals surface area contributed by atoms with Crippen LogP contribution in [0.3, 0.4) is 0 Å². The lowest BCUT2D eigenvalue weighted by atomic mass is 10.0. The Hall–Kier alpha value is -1.14. The molecule has 0 bridgehead atoms. The van der Waals surface area contributed by atoms with Crippen LogP contribution in [0.15, 0.2) is 4.52 Å². The average molecular weight is 282 g/mol. The minimum Gasteiger partial charge on any atom is -0.378 e. The van der Waals surface area contributed by atoms with Crippen LogP contribution in [0.1, 0.15) is 33.1 Å². The Balaban J connectivity index is 1.93. The van der Waals surface area contributed by atoms with Crippen molar-refractivity contribution in [3.63, 3.8) is 0 Å². The first kappa shape index (κ1) is 15.3. The highest BCUT2D eigenvalue weighted by Gasteiger charge is 2.20. The maximum absolute atomic E-state index is 5.39. The van der Waals surface area contributed by atoms with E-state index in [0.29, 0.717) is 23.8 Å². The van der Waals surface area contributed by atoms with Crippen molar-refractivity contribution in [2.45, 2.75) is 39.7 Å². The smallest absolute Gasteiger partial charge is 0.266 e. The number of hydrogen-bond donors (Lipinski definition) is 1. The molecule has 1 atom stereocenters. The lowest BCUT2D eigenvalue weighted by Crippen LogP contribution is -2.37. The van der Waals surface area contributed by atoms with Crippen LogP contribution in [0.5, 0.6) is 0 Å². The molecule has 1 saturated heterocycles. The zero-order valence-electron chi connectivity index (χ0n) is 12.8. The van der Waals surface area contributed by atoms with Crippen LogP contribution >= 0.6 is 0 Å². The normalized spacial score (nSPS) is 17.7. The van der Waals surface area contributed by atoms with Crippen LogP contribution in [-0.4, -0.2) is 49.0 Å². The average Bonchev–Trinajstić information content (AvgIpc) is 2.92. The summed E-state index contributed by atoms with van der Waals surface area (Å²) in [6, 6.07) is 0.382. The van der Waals surface area contributed by atoms with E-state index in [9.17, 15) is 0 Å². The molecule has 0 saturated carbocycles. The van der Waals surface area contributed by atoms with Gasteiger partial charge in [0.2, 0.25) is 5.89 Å². The second-order valence-corrected chi connectivity index (χ2v) is 5.60. The van der Waals surface area contributed by atoms with Crippen LogP contribution in [0.25, 0.3) is 0 Å². The second kappa shape index (κ2) is 7.59. The van der Waals surface area contributed by atoms with E-state index in [-0.39, 0.29) is 0 Å². The fraction of sp³-hybridized carbons (Fsp3) is 0.857. The van der Waals surface area contributed by atoms with Crippen molar-refractivity contribution in [3.05, 3.63) is 5.89 Å². The highest BCUT2D eigenvalue weighted by atomic mass is 16.5. The molecule has 6 nitrogen and oxygen atoms in total. The van der Waals surface area contributed by atoms with Crippen molar-refractivity contribution in [1.82, 2.24) is 15.5 Å². The van der Waals surface area contributed by atoms with Gasteiger partial charge in [-0.25, -0.2) is 0 Å². The number of ether oxygens (including phenoxy) is 1. The molecular formula is C14H26N4O2. The van der Waals surface area contributed by atoms with Crippen LogP contribution in [0.4, 0.5) is 5.95 Å². The maximum atomic E-state index is 5.39. The molecule has 0 amide bonds. The number of nitrogens with one attached hydrogen (secondary N) is 1. The molecule has 2 rings (SSSR count). The molecule has 20 heavy (non-hydrogen) atoms. The van der Waals surface area contributed by atoms with Gasteiger partial charge in [0, 0.05) is 25.6 Å². The Morgan fingerprint density at radius 2 is 2.05 bits per heavy atom. The third-order valence-corrected chi connectivity index (χ3v) is 3.61. The molecule has 1 unspecified atom stereocenters. The van der Waals surface area contributed by atoms with Crippen molar-refractivity contribution in [2.75, 3.05) is 37.7 Å². The lowest BCUT2D eigenvalue weighted by Gasteiger charge is -2.24. The van der Waals surface area contributed by atoms with E-state index in [0.717, 1.165) is 45.7 Å². The van der Waals surface area contributed by atoms with Crippen LogP contribution in [-0.2, 0) is 11.2 Å². The first-order valence-electron chi connectivity index (χ1n) is 7.59. The summed E-state index contributed by atoms with van der Waals surface area (Å²) in [6.45, 7) is 10.8. The Kier molecular flexibility index (Phi) is 5.79. The fourth-order valence-electron chi connectivity index (χ4n) is 2.28. The summed E-state index contributed by atoms with van der Waals surface area (Å²) >= 11 is 0. The molecule has 2 heterocycles. The molecule has 1 aliphatic heterocycles. The molecule has 1 aromatic heterocycles. The monoisotopic (exact) mass is 282 g/mol. The molecule has 1 N–H and O–H groups in total. The van der Waals surface area contributed by atoms with E-state index >= 15 is 0 Å². The van der Waals surface area contributed by atoms with Crippen molar-refractivity contribution < 1.29 is 9.26 Å². The van der Waals surface area contributed by atoms with Crippen LogP contribution < -0.4 is 10.2 Å². The van der Waals surface area contributed by atoms with Gasteiger partial charge in [0.05, 0.1) is 13.2 Å².